The third-order valence-corrected chi connectivity index (χ3v) is 4.38. The number of ether oxygens (including phenoxy) is 1. The van der Waals surface area contributed by atoms with Gasteiger partial charge in [-0.25, -0.2) is 0 Å². The molecule has 1 fully saturated rings. The van der Waals surface area contributed by atoms with Gasteiger partial charge in [0.2, 0.25) is 0 Å². The normalized spacial score (nSPS) is 17.0. The second-order valence-electron chi connectivity index (χ2n) is 6.23. The van der Waals surface area contributed by atoms with E-state index in [1.807, 2.05) is 6.07 Å². The lowest BCUT2D eigenvalue weighted by Gasteiger charge is -2.35. The van der Waals surface area contributed by atoms with Crippen LogP contribution in [-0.4, -0.2) is 41.9 Å². The minimum atomic E-state index is -0.865. The number of nitrogens with zero attached hydrogens (tertiary/aromatic N) is 2. The first kappa shape index (κ1) is 19.3. The van der Waals surface area contributed by atoms with Crippen molar-refractivity contribution < 1.29 is 14.6 Å². The fraction of sp³-hybridized carbons (Fsp3) is 0.368. The monoisotopic (exact) mass is 360 g/mol. The van der Waals surface area contributed by atoms with Crippen LogP contribution in [-0.2, 0) is 16.0 Å². The average molecular weight is 360 g/mol. The summed E-state index contributed by atoms with van der Waals surface area (Å²) < 4.78 is 5.50. The van der Waals surface area contributed by atoms with Gasteiger partial charge in [0, 0.05) is 30.0 Å². The molecule has 25 heavy (non-hydrogen) atoms. The van der Waals surface area contributed by atoms with Crippen LogP contribution in [0.4, 0.5) is 5.69 Å². The van der Waals surface area contributed by atoms with Gasteiger partial charge >= 0.3 is 5.97 Å². The van der Waals surface area contributed by atoms with Crippen molar-refractivity contribution >= 4 is 25.2 Å². The molecule has 0 spiro atoms. The third kappa shape index (κ3) is 4.52. The van der Waals surface area contributed by atoms with Gasteiger partial charge in [0.15, 0.2) is 0 Å². The van der Waals surface area contributed by atoms with Crippen LogP contribution in [0.1, 0.15) is 18.2 Å². The van der Waals surface area contributed by atoms with Crippen molar-refractivity contribution in [1.82, 2.24) is 4.98 Å². The second kappa shape index (κ2) is 8.36. The van der Waals surface area contributed by atoms with Gasteiger partial charge < -0.3 is 14.7 Å². The number of aryl methyl sites for hydroxylation is 1. The fourth-order valence-corrected chi connectivity index (χ4v) is 3.10. The summed E-state index contributed by atoms with van der Waals surface area (Å²) >= 11 is 0. The first-order chi connectivity index (χ1) is 11.5. The predicted molar refractivity (Wildman–Crippen MR) is 104 cm³/mol. The quantitative estimate of drug-likeness (QED) is 0.908. The molecular formula is C19H24N2O3S. The number of carboxylic acids is 1. The number of hydrogen-bond acceptors (Lipinski definition) is 4. The van der Waals surface area contributed by atoms with Crippen LogP contribution in [0.5, 0.6) is 0 Å². The van der Waals surface area contributed by atoms with Crippen LogP contribution in [0.3, 0.4) is 0 Å². The Morgan fingerprint density at radius 3 is 2.76 bits per heavy atom. The molecule has 1 atom stereocenters. The van der Waals surface area contributed by atoms with Crippen molar-refractivity contribution in [3.05, 3.63) is 47.8 Å². The van der Waals surface area contributed by atoms with E-state index < -0.39 is 5.97 Å². The van der Waals surface area contributed by atoms with Crippen molar-refractivity contribution in [1.29, 1.82) is 0 Å². The summed E-state index contributed by atoms with van der Waals surface area (Å²) in [6, 6.07) is 10.5. The second-order valence-corrected chi connectivity index (χ2v) is 6.23. The molecule has 0 radical (unpaired) electrons. The summed E-state index contributed by atoms with van der Waals surface area (Å²) in [6.45, 7) is 6.70. The zero-order valence-electron chi connectivity index (χ0n) is 14.5. The van der Waals surface area contributed by atoms with Crippen LogP contribution in [0.25, 0.3) is 11.1 Å². The molecule has 2 aromatic rings. The topological polar surface area (TPSA) is 62.7 Å². The number of pyridine rings is 1. The van der Waals surface area contributed by atoms with Crippen LogP contribution >= 0.6 is 13.5 Å². The Hall–Kier alpha value is -2.05. The Bertz CT molecular complexity index is 734. The molecule has 1 aromatic heterocycles. The Morgan fingerprint density at radius 1 is 1.36 bits per heavy atom. The van der Waals surface area contributed by atoms with Crippen LogP contribution in [0, 0.1) is 6.92 Å². The molecule has 0 bridgehead atoms. The van der Waals surface area contributed by atoms with E-state index in [-0.39, 0.29) is 19.9 Å². The number of rotatable bonds is 4. The molecule has 1 aromatic carbocycles. The molecule has 0 saturated carbocycles. The van der Waals surface area contributed by atoms with Crippen molar-refractivity contribution in [3.63, 3.8) is 0 Å². The number of hydrogen-bond donors (Lipinski definition) is 1. The number of aromatic nitrogens is 1. The molecule has 1 saturated heterocycles. The average Bonchev–Trinajstić information content (AvgIpc) is 2.56. The van der Waals surface area contributed by atoms with E-state index in [1.165, 1.54) is 11.3 Å². The molecule has 1 aliphatic rings. The van der Waals surface area contributed by atoms with Crippen LogP contribution < -0.4 is 4.90 Å². The maximum Gasteiger partial charge on any atom is 0.309 e. The SMILES string of the molecule is Cc1cc(N2CCOC[C@H]2C)ccc1-c1ccc(CC(=O)O)nc1.S. The highest BCUT2D eigenvalue weighted by atomic mass is 32.1. The molecule has 6 heteroatoms. The molecule has 0 aliphatic carbocycles. The summed E-state index contributed by atoms with van der Waals surface area (Å²) in [5.41, 5.74) is 5.08. The minimum absolute atomic E-state index is 0. The highest BCUT2D eigenvalue weighted by Crippen LogP contribution is 2.28. The largest absolute Gasteiger partial charge is 0.481 e. The van der Waals surface area contributed by atoms with Gasteiger partial charge in [-0.1, -0.05) is 12.1 Å². The first-order valence-corrected chi connectivity index (χ1v) is 8.17. The lowest BCUT2D eigenvalue weighted by molar-refractivity contribution is -0.136. The van der Waals surface area contributed by atoms with Gasteiger partial charge in [-0.05, 0) is 43.2 Å². The lowest BCUT2D eigenvalue weighted by atomic mass is 10.0. The first-order valence-electron chi connectivity index (χ1n) is 8.17. The van der Waals surface area contributed by atoms with Gasteiger partial charge in [0.1, 0.15) is 0 Å². The molecule has 1 N–H and O–H groups in total. The molecule has 0 amide bonds. The number of morpholine rings is 1. The molecule has 2 heterocycles. The van der Waals surface area contributed by atoms with Gasteiger partial charge in [-0.2, -0.15) is 13.5 Å². The molecule has 3 rings (SSSR count). The van der Waals surface area contributed by atoms with E-state index in [1.54, 1.807) is 12.3 Å². The number of anilines is 1. The molecule has 0 unspecified atom stereocenters. The highest BCUT2D eigenvalue weighted by Gasteiger charge is 2.19. The van der Waals surface area contributed by atoms with Crippen LogP contribution in [0.15, 0.2) is 36.5 Å². The van der Waals surface area contributed by atoms with Crippen molar-refractivity contribution in [2.24, 2.45) is 0 Å². The summed E-state index contributed by atoms with van der Waals surface area (Å²) in [7, 11) is 0. The zero-order valence-corrected chi connectivity index (χ0v) is 15.5. The standard InChI is InChI=1S/C19H22N2O3.H2S/c1-13-9-17(21-7-8-24-12-14(21)2)5-6-18(13)15-3-4-16(20-11-15)10-19(22)23;/h3-6,9,11,14H,7-8,10,12H2,1-2H3,(H,22,23);1H2/t14-;/m1./s1. The highest BCUT2D eigenvalue weighted by molar-refractivity contribution is 7.59. The Balaban J connectivity index is 0.00000225. The van der Waals surface area contributed by atoms with Gasteiger partial charge in [0.05, 0.1) is 25.3 Å². The van der Waals surface area contributed by atoms with E-state index in [9.17, 15) is 4.79 Å². The lowest BCUT2D eigenvalue weighted by Crippen LogP contribution is -2.43. The van der Waals surface area contributed by atoms with Crippen molar-refractivity contribution in [2.75, 3.05) is 24.7 Å². The maximum absolute atomic E-state index is 10.7. The number of aliphatic carboxylic acids is 1. The third-order valence-electron chi connectivity index (χ3n) is 4.38. The fourth-order valence-electron chi connectivity index (χ4n) is 3.10. The molecule has 134 valence electrons. The van der Waals surface area contributed by atoms with E-state index in [2.05, 4.69) is 41.9 Å². The smallest absolute Gasteiger partial charge is 0.309 e. The zero-order chi connectivity index (χ0) is 17.1. The number of carbonyl (C=O) groups is 1. The minimum Gasteiger partial charge on any atom is -0.481 e. The number of benzene rings is 1. The van der Waals surface area contributed by atoms with Crippen molar-refractivity contribution in [3.8, 4) is 11.1 Å². The van der Waals surface area contributed by atoms with E-state index >= 15 is 0 Å². The summed E-state index contributed by atoms with van der Waals surface area (Å²) in [4.78, 5) is 17.4. The number of carboxylic acid groups (broad SMARTS) is 1. The maximum atomic E-state index is 10.7. The Kier molecular flexibility index (Phi) is 6.45. The Labute approximate surface area is 155 Å². The summed E-state index contributed by atoms with van der Waals surface area (Å²) in [5, 5.41) is 8.82. The molecule has 5 nitrogen and oxygen atoms in total. The predicted octanol–water partition coefficient (Wildman–Crippen LogP) is 3.02. The van der Waals surface area contributed by atoms with E-state index in [0.717, 1.165) is 30.9 Å². The Morgan fingerprint density at radius 2 is 2.16 bits per heavy atom. The van der Waals surface area contributed by atoms with E-state index in [4.69, 9.17) is 9.84 Å². The van der Waals surface area contributed by atoms with Gasteiger partial charge in [-0.15, -0.1) is 0 Å². The van der Waals surface area contributed by atoms with Crippen LogP contribution in [0.2, 0.25) is 0 Å². The van der Waals surface area contributed by atoms with Gasteiger partial charge in [-0.3, -0.25) is 9.78 Å². The molecule has 1 aliphatic heterocycles. The van der Waals surface area contributed by atoms with E-state index in [0.29, 0.717) is 11.7 Å². The summed E-state index contributed by atoms with van der Waals surface area (Å²) in [6.07, 6.45) is 1.70. The summed E-state index contributed by atoms with van der Waals surface area (Å²) in [5.74, 6) is -0.865. The van der Waals surface area contributed by atoms with Crippen molar-refractivity contribution in [2.45, 2.75) is 26.3 Å². The van der Waals surface area contributed by atoms with Gasteiger partial charge in [0.25, 0.3) is 0 Å². The molecular weight excluding hydrogens is 336 g/mol.